The maximum atomic E-state index is 12.0. The molecule has 1 amide bonds. The van der Waals surface area contributed by atoms with E-state index in [1.165, 1.54) is 11.1 Å². The summed E-state index contributed by atoms with van der Waals surface area (Å²) in [5.41, 5.74) is 3.47. The van der Waals surface area contributed by atoms with Crippen LogP contribution in [0.25, 0.3) is 0 Å². The van der Waals surface area contributed by atoms with Gasteiger partial charge in [-0.15, -0.1) is 0 Å². The van der Waals surface area contributed by atoms with Crippen LogP contribution in [-0.4, -0.2) is 26.7 Å². The number of amides is 1. The zero-order valence-electron chi connectivity index (χ0n) is 14.6. The monoisotopic (exact) mass is 327 g/mol. The van der Waals surface area contributed by atoms with E-state index >= 15 is 0 Å². The average Bonchev–Trinajstić information content (AvgIpc) is 2.61. The second kappa shape index (κ2) is 8.96. The lowest BCUT2D eigenvalue weighted by Crippen LogP contribution is -2.26. The van der Waals surface area contributed by atoms with E-state index in [-0.39, 0.29) is 5.91 Å². The molecule has 0 spiro atoms. The molecule has 2 aromatic rings. The van der Waals surface area contributed by atoms with Crippen molar-refractivity contribution >= 4 is 5.91 Å². The highest BCUT2D eigenvalue weighted by atomic mass is 16.5. The van der Waals surface area contributed by atoms with Crippen LogP contribution in [-0.2, 0) is 17.6 Å². The number of hydrogen-bond acceptors (Lipinski definition) is 3. The summed E-state index contributed by atoms with van der Waals surface area (Å²) >= 11 is 0. The summed E-state index contributed by atoms with van der Waals surface area (Å²) in [5, 5.41) is 2.97. The molecule has 0 radical (unpaired) electrons. The maximum absolute atomic E-state index is 12.0. The first kappa shape index (κ1) is 17.9. The predicted molar refractivity (Wildman–Crippen MR) is 95.8 cm³/mol. The Morgan fingerprint density at radius 1 is 1.00 bits per heavy atom. The number of carbonyl (C=O) groups is 1. The topological polar surface area (TPSA) is 47.6 Å². The molecule has 2 aromatic carbocycles. The van der Waals surface area contributed by atoms with Gasteiger partial charge < -0.3 is 14.8 Å². The van der Waals surface area contributed by atoms with Crippen molar-refractivity contribution in [2.75, 3.05) is 20.8 Å². The first-order valence-electron chi connectivity index (χ1n) is 8.15. The molecular formula is C20H25NO3. The highest BCUT2D eigenvalue weighted by Crippen LogP contribution is 2.24. The van der Waals surface area contributed by atoms with Gasteiger partial charge >= 0.3 is 0 Å². The molecular weight excluding hydrogens is 302 g/mol. The normalized spacial score (nSPS) is 10.3. The van der Waals surface area contributed by atoms with Crippen molar-refractivity contribution in [2.45, 2.75) is 26.2 Å². The van der Waals surface area contributed by atoms with Crippen LogP contribution in [0.2, 0.25) is 0 Å². The third kappa shape index (κ3) is 5.30. The van der Waals surface area contributed by atoms with E-state index in [0.29, 0.717) is 13.0 Å². The van der Waals surface area contributed by atoms with Crippen molar-refractivity contribution in [1.29, 1.82) is 0 Å². The Labute approximate surface area is 143 Å². The van der Waals surface area contributed by atoms with Crippen LogP contribution in [0.5, 0.6) is 11.5 Å². The Hall–Kier alpha value is -2.49. The van der Waals surface area contributed by atoms with Crippen LogP contribution in [0.15, 0.2) is 42.5 Å². The third-order valence-corrected chi connectivity index (χ3v) is 3.97. The summed E-state index contributed by atoms with van der Waals surface area (Å²) in [7, 11) is 3.27. The third-order valence-electron chi connectivity index (χ3n) is 3.97. The lowest BCUT2D eigenvalue weighted by Gasteiger charge is -2.11. The first-order chi connectivity index (χ1) is 11.6. The zero-order chi connectivity index (χ0) is 17.4. The highest BCUT2D eigenvalue weighted by molar-refractivity contribution is 5.76. The summed E-state index contributed by atoms with van der Waals surface area (Å²) in [4.78, 5) is 12.0. The van der Waals surface area contributed by atoms with Crippen molar-refractivity contribution in [3.63, 3.8) is 0 Å². The van der Waals surface area contributed by atoms with Crippen LogP contribution >= 0.6 is 0 Å². The molecule has 0 atom stereocenters. The summed E-state index contributed by atoms with van der Waals surface area (Å²) in [6.45, 7) is 2.65. The maximum Gasteiger partial charge on any atom is 0.220 e. The number of aryl methyl sites for hydroxylation is 2. The van der Waals surface area contributed by atoms with Crippen LogP contribution in [0.4, 0.5) is 0 Å². The highest BCUT2D eigenvalue weighted by Gasteiger charge is 2.06. The number of methoxy groups -OCH3 is 2. The molecule has 0 heterocycles. The van der Waals surface area contributed by atoms with E-state index in [4.69, 9.17) is 9.47 Å². The van der Waals surface area contributed by atoms with Gasteiger partial charge in [-0.25, -0.2) is 0 Å². The molecule has 0 bridgehead atoms. The number of ether oxygens (including phenoxy) is 2. The van der Waals surface area contributed by atoms with E-state index in [9.17, 15) is 4.79 Å². The van der Waals surface area contributed by atoms with Gasteiger partial charge in [-0.3, -0.25) is 4.79 Å². The van der Waals surface area contributed by atoms with E-state index in [0.717, 1.165) is 29.9 Å². The second-order valence-electron chi connectivity index (χ2n) is 5.76. The molecule has 4 nitrogen and oxygen atoms in total. The summed E-state index contributed by atoms with van der Waals surface area (Å²) in [6, 6.07) is 14.0. The van der Waals surface area contributed by atoms with Gasteiger partial charge in [-0.1, -0.05) is 35.9 Å². The van der Waals surface area contributed by atoms with Crippen LogP contribution < -0.4 is 14.8 Å². The molecule has 0 aliphatic carbocycles. The van der Waals surface area contributed by atoms with E-state index < -0.39 is 0 Å². The Bertz CT molecular complexity index is 665. The average molecular weight is 327 g/mol. The van der Waals surface area contributed by atoms with Crippen LogP contribution in [0.1, 0.15) is 23.1 Å². The number of nitrogens with one attached hydrogen (secondary N) is 1. The molecule has 128 valence electrons. The largest absolute Gasteiger partial charge is 0.497 e. The molecule has 24 heavy (non-hydrogen) atoms. The molecule has 0 saturated heterocycles. The summed E-state index contributed by atoms with van der Waals surface area (Å²) in [6.07, 6.45) is 1.99. The zero-order valence-corrected chi connectivity index (χ0v) is 14.6. The number of carbonyl (C=O) groups excluding carboxylic acids is 1. The van der Waals surface area contributed by atoms with Crippen molar-refractivity contribution < 1.29 is 14.3 Å². The minimum Gasteiger partial charge on any atom is -0.497 e. The molecule has 0 aliphatic heterocycles. The van der Waals surface area contributed by atoms with Crippen molar-refractivity contribution in [2.24, 2.45) is 0 Å². The molecule has 1 N–H and O–H groups in total. The minimum atomic E-state index is 0.0723. The smallest absolute Gasteiger partial charge is 0.220 e. The van der Waals surface area contributed by atoms with Crippen molar-refractivity contribution in [1.82, 2.24) is 5.32 Å². The fourth-order valence-corrected chi connectivity index (χ4v) is 2.50. The molecule has 4 heteroatoms. The van der Waals surface area contributed by atoms with E-state index in [1.807, 2.05) is 18.2 Å². The van der Waals surface area contributed by atoms with Crippen LogP contribution in [0, 0.1) is 6.92 Å². The van der Waals surface area contributed by atoms with Gasteiger partial charge in [0.25, 0.3) is 0 Å². The van der Waals surface area contributed by atoms with Gasteiger partial charge in [0.1, 0.15) is 11.5 Å². The predicted octanol–water partition coefficient (Wildman–Crippen LogP) is 3.30. The van der Waals surface area contributed by atoms with Gasteiger partial charge in [0.15, 0.2) is 0 Å². The summed E-state index contributed by atoms with van der Waals surface area (Å²) in [5.74, 6) is 1.61. The van der Waals surface area contributed by atoms with Gasteiger partial charge in [0.2, 0.25) is 5.91 Å². The molecule has 2 rings (SSSR count). The molecule has 0 unspecified atom stereocenters. The molecule has 0 fully saturated rings. The van der Waals surface area contributed by atoms with E-state index in [2.05, 4.69) is 36.5 Å². The molecule has 0 aromatic heterocycles. The fraction of sp³-hybridized carbons (Fsp3) is 0.350. The lowest BCUT2D eigenvalue weighted by molar-refractivity contribution is -0.121. The molecule has 0 saturated carbocycles. The Balaban J connectivity index is 1.77. The lowest BCUT2D eigenvalue weighted by atomic mass is 10.1. The minimum absolute atomic E-state index is 0.0723. The van der Waals surface area contributed by atoms with Crippen molar-refractivity contribution in [3.05, 3.63) is 59.2 Å². The Kier molecular flexibility index (Phi) is 6.67. The van der Waals surface area contributed by atoms with Gasteiger partial charge in [-0.2, -0.15) is 0 Å². The Morgan fingerprint density at radius 3 is 2.42 bits per heavy atom. The Morgan fingerprint density at radius 2 is 1.75 bits per heavy atom. The number of benzene rings is 2. The van der Waals surface area contributed by atoms with Crippen LogP contribution in [0.3, 0.4) is 0 Å². The van der Waals surface area contributed by atoms with Gasteiger partial charge in [0.05, 0.1) is 14.2 Å². The number of rotatable bonds is 8. The van der Waals surface area contributed by atoms with E-state index in [1.54, 1.807) is 14.2 Å². The summed E-state index contributed by atoms with van der Waals surface area (Å²) < 4.78 is 10.6. The number of hydrogen-bond donors (Lipinski definition) is 1. The van der Waals surface area contributed by atoms with Gasteiger partial charge in [-0.05, 0) is 37.0 Å². The quantitative estimate of drug-likeness (QED) is 0.809. The molecule has 0 aliphatic rings. The van der Waals surface area contributed by atoms with Gasteiger partial charge in [0, 0.05) is 19.0 Å². The van der Waals surface area contributed by atoms with Crippen molar-refractivity contribution in [3.8, 4) is 11.5 Å². The first-order valence-corrected chi connectivity index (χ1v) is 8.15. The second-order valence-corrected chi connectivity index (χ2v) is 5.76. The SMILES string of the molecule is COc1ccc(CCNC(=O)CCc2ccc(C)cc2)c(OC)c1. The fourth-order valence-electron chi connectivity index (χ4n) is 2.50. The standard InChI is InChI=1S/C20H25NO3/c1-15-4-6-16(7-5-15)8-11-20(22)21-13-12-17-9-10-18(23-2)14-19(17)24-3/h4-7,9-10,14H,8,11-13H2,1-3H3,(H,21,22).